The average molecular weight is 224 g/mol. The van der Waals surface area contributed by atoms with Gasteiger partial charge in [-0.05, 0) is 24.6 Å². The zero-order chi connectivity index (χ0) is 11.5. The molecule has 1 saturated heterocycles. The van der Waals surface area contributed by atoms with Gasteiger partial charge in [-0.2, -0.15) is 0 Å². The Morgan fingerprint density at radius 3 is 2.75 bits per heavy atom. The summed E-state index contributed by atoms with van der Waals surface area (Å²) in [5.74, 6) is -0.0552. The first-order chi connectivity index (χ1) is 7.66. The largest absolute Gasteiger partial charge is 0.507 e. The molecule has 1 aromatic rings. The minimum absolute atomic E-state index is 0.222. The number of phenolic OH excluding ortho intramolecular Hbond substituents is 1. The standard InChI is InChI=1S/C12H17FN2O/c1-9-6-11(13)7-10(12(9)16)8-15-4-2-14-3-5-15/h6-7,14,16H,2-5,8H2,1H3. The van der Waals surface area contributed by atoms with Crippen LogP contribution in [0.2, 0.25) is 0 Å². The van der Waals surface area contributed by atoms with Crippen molar-refractivity contribution in [1.29, 1.82) is 0 Å². The molecule has 0 unspecified atom stereocenters. The van der Waals surface area contributed by atoms with Crippen LogP contribution < -0.4 is 5.32 Å². The predicted octanol–water partition coefficient (Wildman–Crippen LogP) is 1.24. The summed E-state index contributed by atoms with van der Waals surface area (Å²) in [4.78, 5) is 2.21. The van der Waals surface area contributed by atoms with Crippen molar-refractivity contribution in [2.45, 2.75) is 13.5 Å². The fourth-order valence-corrected chi connectivity index (χ4v) is 2.04. The lowest BCUT2D eigenvalue weighted by molar-refractivity contribution is 0.230. The monoisotopic (exact) mass is 224 g/mol. The van der Waals surface area contributed by atoms with Gasteiger partial charge >= 0.3 is 0 Å². The van der Waals surface area contributed by atoms with Gasteiger partial charge in [-0.3, -0.25) is 4.90 Å². The van der Waals surface area contributed by atoms with Crippen molar-refractivity contribution in [1.82, 2.24) is 10.2 Å². The first-order valence-corrected chi connectivity index (χ1v) is 5.58. The minimum Gasteiger partial charge on any atom is -0.507 e. The lowest BCUT2D eigenvalue weighted by Gasteiger charge is -2.27. The van der Waals surface area contributed by atoms with Gasteiger partial charge in [0.2, 0.25) is 0 Å². The normalized spacial score (nSPS) is 17.6. The lowest BCUT2D eigenvalue weighted by Crippen LogP contribution is -2.42. The van der Waals surface area contributed by atoms with Gasteiger partial charge in [0.15, 0.2) is 0 Å². The number of benzene rings is 1. The molecule has 1 aliphatic rings. The lowest BCUT2D eigenvalue weighted by atomic mass is 10.1. The Balaban J connectivity index is 2.13. The molecule has 2 rings (SSSR count). The second-order valence-corrected chi connectivity index (χ2v) is 4.26. The molecule has 0 bridgehead atoms. The van der Waals surface area contributed by atoms with E-state index in [1.807, 2.05) is 0 Å². The second kappa shape index (κ2) is 4.80. The Kier molecular flexibility index (Phi) is 3.41. The fraction of sp³-hybridized carbons (Fsp3) is 0.500. The van der Waals surface area contributed by atoms with Gasteiger partial charge in [0.1, 0.15) is 11.6 Å². The van der Waals surface area contributed by atoms with E-state index in [0.717, 1.165) is 26.2 Å². The maximum Gasteiger partial charge on any atom is 0.124 e. The predicted molar refractivity (Wildman–Crippen MR) is 60.9 cm³/mol. The molecule has 16 heavy (non-hydrogen) atoms. The van der Waals surface area contributed by atoms with E-state index in [9.17, 15) is 9.50 Å². The Morgan fingerprint density at radius 2 is 2.06 bits per heavy atom. The number of aryl methyl sites for hydroxylation is 1. The van der Waals surface area contributed by atoms with E-state index in [2.05, 4.69) is 10.2 Å². The molecule has 1 aromatic carbocycles. The smallest absolute Gasteiger partial charge is 0.124 e. The Bertz CT molecular complexity index is 376. The van der Waals surface area contributed by atoms with Crippen LogP contribution >= 0.6 is 0 Å². The summed E-state index contributed by atoms with van der Waals surface area (Å²) in [5, 5.41) is 13.1. The van der Waals surface area contributed by atoms with Crippen LogP contribution in [-0.2, 0) is 6.54 Å². The maximum atomic E-state index is 13.2. The summed E-state index contributed by atoms with van der Waals surface area (Å²) < 4.78 is 13.2. The Labute approximate surface area is 94.9 Å². The summed E-state index contributed by atoms with van der Waals surface area (Å²) in [7, 11) is 0. The van der Waals surface area contributed by atoms with E-state index in [4.69, 9.17) is 0 Å². The van der Waals surface area contributed by atoms with Gasteiger partial charge in [0, 0.05) is 38.3 Å². The molecule has 0 aromatic heterocycles. The number of halogens is 1. The molecule has 1 fully saturated rings. The molecule has 1 heterocycles. The number of hydrogen-bond donors (Lipinski definition) is 2. The van der Waals surface area contributed by atoms with Gasteiger partial charge in [-0.15, -0.1) is 0 Å². The van der Waals surface area contributed by atoms with Crippen LogP contribution in [0, 0.1) is 12.7 Å². The third-order valence-corrected chi connectivity index (χ3v) is 2.95. The van der Waals surface area contributed by atoms with E-state index in [1.54, 1.807) is 6.92 Å². The van der Waals surface area contributed by atoms with Crippen LogP contribution in [-0.4, -0.2) is 36.2 Å². The topological polar surface area (TPSA) is 35.5 Å². The molecule has 88 valence electrons. The van der Waals surface area contributed by atoms with Gasteiger partial charge in [-0.25, -0.2) is 4.39 Å². The van der Waals surface area contributed by atoms with Gasteiger partial charge in [0.05, 0.1) is 0 Å². The Hall–Kier alpha value is -1.13. The molecule has 3 nitrogen and oxygen atoms in total. The van der Waals surface area contributed by atoms with E-state index >= 15 is 0 Å². The van der Waals surface area contributed by atoms with Gasteiger partial charge < -0.3 is 10.4 Å². The SMILES string of the molecule is Cc1cc(F)cc(CN2CCNCC2)c1O. The quantitative estimate of drug-likeness (QED) is 0.793. The summed E-state index contributed by atoms with van der Waals surface area (Å²) in [6.45, 7) is 6.12. The number of rotatable bonds is 2. The molecular weight excluding hydrogens is 207 g/mol. The van der Waals surface area contributed by atoms with Crippen LogP contribution in [0.25, 0.3) is 0 Å². The fourth-order valence-electron chi connectivity index (χ4n) is 2.04. The highest BCUT2D eigenvalue weighted by atomic mass is 19.1. The highest BCUT2D eigenvalue weighted by Gasteiger charge is 2.14. The van der Waals surface area contributed by atoms with Crippen molar-refractivity contribution in [2.75, 3.05) is 26.2 Å². The first-order valence-electron chi connectivity index (χ1n) is 5.58. The number of hydrogen-bond acceptors (Lipinski definition) is 3. The summed E-state index contributed by atoms with van der Waals surface area (Å²) in [5.41, 5.74) is 1.28. The highest BCUT2D eigenvalue weighted by Crippen LogP contribution is 2.24. The number of nitrogens with zero attached hydrogens (tertiary/aromatic N) is 1. The van der Waals surface area contributed by atoms with Crippen LogP contribution in [0.1, 0.15) is 11.1 Å². The van der Waals surface area contributed by atoms with Crippen molar-refractivity contribution in [2.24, 2.45) is 0 Å². The minimum atomic E-state index is -0.277. The first kappa shape index (κ1) is 11.4. The zero-order valence-electron chi connectivity index (χ0n) is 9.46. The van der Waals surface area contributed by atoms with E-state index in [0.29, 0.717) is 17.7 Å². The van der Waals surface area contributed by atoms with Gasteiger partial charge in [-0.1, -0.05) is 0 Å². The molecule has 4 heteroatoms. The third-order valence-electron chi connectivity index (χ3n) is 2.95. The zero-order valence-corrected chi connectivity index (χ0v) is 9.46. The van der Waals surface area contributed by atoms with Crippen LogP contribution in [0.3, 0.4) is 0 Å². The number of nitrogens with one attached hydrogen (secondary N) is 1. The van der Waals surface area contributed by atoms with Crippen LogP contribution in [0.5, 0.6) is 5.75 Å². The molecule has 0 amide bonds. The molecule has 0 spiro atoms. The maximum absolute atomic E-state index is 13.2. The molecule has 0 saturated carbocycles. The van der Waals surface area contributed by atoms with E-state index in [-0.39, 0.29) is 11.6 Å². The summed E-state index contributed by atoms with van der Waals surface area (Å²) >= 11 is 0. The van der Waals surface area contributed by atoms with Crippen molar-refractivity contribution in [3.8, 4) is 5.75 Å². The highest BCUT2D eigenvalue weighted by molar-refractivity contribution is 5.39. The molecule has 0 atom stereocenters. The molecule has 1 aliphatic heterocycles. The van der Waals surface area contributed by atoms with E-state index < -0.39 is 0 Å². The number of phenols is 1. The Morgan fingerprint density at radius 1 is 1.38 bits per heavy atom. The molecule has 2 N–H and O–H groups in total. The van der Waals surface area contributed by atoms with Crippen molar-refractivity contribution in [3.63, 3.8) is 0 Å². The second-order valence-electron chi connectivity index (χ2n) is 4.26. The van der Waals surface area contributed by atoms with E-state index in [1.165, 1.54) is 12.1 Å². The van der Waals surface area contributed by atoms with Crippen LogP contribution in [0.4, 0.5) is 4.39 Å². The summed E-state index contributed by atoms with van der Waals surface area (Å²) in [6, 6.07) is 2.78. The van der Waals surface area contributed by atoms with Crippen molar-refractivity contribution < 1.29 is 9.50 Å². The van der Waals surface area contributed by atoms with Crippen LogP contribution in [0.15, 0.2) is 12.1 Å². The number of aromatic hydroxyl groups is 1. The molecule has 0 radical (unpaired) electrons. The van der Waals surface area contributed by atoms with Crippen molar-refractivity contribution >= 4 is 0 Å². The number of piperazine rings is 1. The molecule has 0 aliphatic carbocycles. The molecular formula is C12H17FN2O. The summed E-state index contributed by atoms with van der Waals surface area (Å²) in [6.07, 6.45) is 0. The average Bonchev–Trinajstić information content (AvgIpc) is 2.27. The van der Waals surface area contributed by atoms with Crippen molar-refractivity contribution in [3.05, 3.63) is 29.1 Å². The van der Waals surface area contributed by atoms with Gasteiger partial charge in [0.25, 0.3) is 0 Å². The third kappa shape index (κ3) is 2.51.